The van der Waals surface area contributed by atoms with Crippen LogP contribution in [-0.4, -0.2) is 35.3 Å². The van der Waals surface area contributed by atoms with Crippen molar-refractivity contribution in [2.75, 3.05) is 13.1 Å². The molecule has 0 spiro atoms. The molecule has 4 heteroatoms. The number of hydrogen-bond acceptors (Lipinski definition) is 4. The van der Waals surface area contributed by atoms with E-state index in [1.807, 2.05) is 0 Å². The van der Waals surface area contributed by atoms with Gasteiger partial charge in [0, 0.05) is 12.5 Å². The summed E-state index contributed by atoms with van der Waals surface area (Å²) in [6, 6.07) is 0.563. The topological polar surface area (TPSA) is 46.3 Å². The number of aromatic nitrogens is 1. The molecule has 1 aliphatic rings. The number of aldehydes is 1. The average molecular weight is 222 g/mol. The van der Waals surface area contributed by atoms with Crippen molar-refractivity contribution in [3.63, 3.8) is 0 Å². The van der Waals surface area contributed by atoms with E-state index in [4.69, 9.17) is 4.42 Å². The SMILES string of the molecule is CCN1CCCC1Cc1ncc(CC=O)o1. The van der Waals surface area contributed by atoms with Gasteiger partial charge in [-0.2, -0.15) is 0 Å². The fraction of sp³-hybridized carbons (Fsp3) is 0.667. The highest BCUT2D eigenvalue weighted by Crippen LogP contribution is 2.20. The molecule has 0 aromatic carbocycles. The molecule has 0 radical (unpaired) electrons. The minimum atomic E-state index is 0.329. The van der Waals surface area contributed by atoms with Crippen molar-refractivity contribution >= 4 is 6.29 Å². The van der Waals surface area contributed by atoms with Crippen molar-refractivity contribution in [1.82, 2.24) is 9.88 Å². The van der Waals surface area contributed by atoms with Gasteiger partial charge in [-0.3, -0.25) is 0 Å². The molecule has 1 atom stereocenters. The highest BCUT2D eigenvalue weighted by molar-refractivity contribution is 5.52. The zero-order chi connectivity index (χ0) is 11.4. The fourth-order valence-electron chi connectivity index (χ4n) is 2.36. The molecule has 4 nitrogen and oxygen atoms in total. The lowest BCUT2D eigenvalue weighted by Gasteiger charge is -2.21. The van der Waals surface area contributed by atoms with Crippen LogP contribution in [0, 0.1) is 0 Å². The molecule has 1 saturated heterocycles. The third kappa shape index (κ3) is 2.50. The molecule has 2 rings (SSSR count). The van der Waals surface area contributed by atoms with Gasteiger partial charge in [0.2, 0.25) is 0 Å². The smallest absolute Gasteiger partial charge is 0.195 e. The molecule has 1 aliphatic heterocycles. The molecule has 0 amide bonds. The van der Waals surface area contributed by atoms with Gasteiger partial charge in [-0.1, -0.05) is 6.92 Å². The molecule has 0 bridgehead atoms. The maximum absolute atomic E-state index is 10.3. The van der Waals surface area contributed by atoms with E-state index in [0.29, 0.717) is 18.2 Å². The first-order chi connectivity index (χ1) is 7.83. The van der Waals surface area contributed by atoms with Crippen molar-refractivity contribution in [3.8, 4) is 0 Å². The van der Waals surface area contributed by atoms with E-state index in [0.717, 1.165) is 25.1 Å². The Morgan fingerprint density at radius 2 is 2.56 bits per heavy atom. The molecular formula is C12H18N2O2. The predicted molar refractivity (Wildman–Crippen MR) is 60.2 cm³/mol. The largest absolute Gasteiger partial charge is 0.445 e. The summed E-state index contributed by atoms with van der Waals surface area (Å²) in [6.07, 6.45) is 6.19. The Labute approximate surface area is 95.6 Å². The summed E-state index contributed by atoms with van der Waals surface area (Å²) in [5.74, 6) is 1.44. The van der Waals surface area contributed by atoms with Gasteiger partial charge in [-0.05, 0) is 25.9 Å². The van der Waals surface area contributed by atoms with Crippen molar-refractivity contribution in [3.05, 3.63) is 17.8 Å². The van der Waals surface area contributed by atoms with Gasteiger partial charge in [0.15, 0.2) is 5.89 Å². The minimum absolute atomic E-state index is 0.329. The van der Waals surface area contributed by atoms with Gasteiger partial charge in [0.25, 0.3) is 0 Å². The zero-order valence-corrected chi connectivity index (χ0v) is 9.69. The lowest BCUT2D eigenvalue weighted by atomic mass is 10.1. The van der Waals surface area contributed by atoms with E-state index in [2.05, 4.69) is 16.8 Å². The molecule has 88 valence electrons. The van der Waals surface area contributed by atoms with Crippen LogP contribution in [0.25, 0.3) is 0 Å². The molecule has 16 heavy (non-hydrogen) atoms. The monoisotopic (exact) mass is 222 g/mol. The third-order valence-electron chi connectivity index (χ3n) is 3.20. The van der Waals surface area contributed by atoms with Crippen molar-refractivity contribution < 1.29 is 9.21 Å². The van der Waals surface area contributed by atoms with Gasteiger partial charge in [-0.25, -0.2) is 4.98 Å². The quantitative estimate of drug-likeness (QED) is 0.707. The molecule has 0 N–H and O–H groups in total. The van der Waals surface area contributed by atoms with Crippen molar-refractivity contribution in [2.24, 2.45) is 0 Å². The summed E-state index contributed by atoms with van der Waals surface area (Å²) in [4.78, 5) is 17.0. The van der Waals surface area contributed by atoms with Gasteiger partial charge in [0.1, 0.15) is 12.0 Å². The van der Waals surface area contributed by atoms with Crippen LogP contribution in [0.15, 0.2) is 10.6 Å². The van der Waals surface area contributed by atoms with Gasteiger partial charge < -0.3 is 14.1 Å². The van der Waals surface area contributed by atoms with E-state index < -0.39 is 0 Å². The van der Waals surface area contributed by atoms with E-state index in [-0.39, 0.29) is 0 Å². The van der Waals surface area contributed by atoms with Crippen LogP contribution in [0.2, 0.25) is 0 Å². The second-order valence-corrected chi connectivity index (χ2v) is 4.22. The first kappa shape index (κ1) is 11.3. The Bertz CT molecular complexity index is 349. The van der Waals surface area contributed by atoms with Crippen molar-refractivity contribution in [1.29, 1.82) is 0 Å². The van der Waals surface area contributed by atoms with Crippen molar-refractivity contribution in [2.45, 2.75) is 38.6 Å². The summed E-state index contributed by atoms with van der Waals surface area (Å²) < 4.78 is 5.51. The van der Waals surface area contributed by atoms with Crippen LogP contribution in [0.1, 0.15) is 31.4 Å². The lowest BCUT2D eigenvalue weighted by molar-refractivity contribution is -0.107. The Morgan fingerprint density at radius 3 is 3.31 bits per heavy atom. The van der Waals surface area contributed by atoms with Crippen LogP contribution < -0.4 is 0 Å². The summed E-state index contributed by atoms with van der Waals surface area (Å²) in [5, 5.41) is 0. The number of likely N-dealkylation sites (N-methyl/N-ethyl adjacent to an activating group) is 1. The summed E-state index contributed by atoms with van der Waals surface area (Å²) >= 11 is 0. The van der Waals surface area contributed by atoms with Crippen LogP contribution >= 0.6 is 0 Å². The normalized spacial score (nSPS) is 21.4. The summed E-state index contributed by atoms with van der Waals surface area (Å²) in [5.41, 5.74) is 0. The molecule has 1 aromatic rings. The number of rotatable bonds is 5. The molecule has 0 saturated carbocycles. The number of carbonyl (C=O) groups excluding carboxylic acids is 1. The van der Waals surface area contributed by atoms with E-state index in [1.165, 1.54) is 19.4 Å². The number of carbonyl (C=O) groups is 1. The van der Waals surface area contributed by atoms with Gasteiger partial charge in [0.05, 0.1) is 12.6 Å². The minimum Gasteiger partial charge on any atom is -0.445 e. The summed E-state index contributed by atoms with van der Waals surface area (Å²) in [7, 11) is 0. The molecule has 1 unspecified atom stereocenters. The molecule has 2 heterocycles. The lowest BCUT2D eigenvalue weighted by Crippen LogP contribution is -2.30. The molecular weight excluding hydrogens is 204 g/mol. The second kappa shape index (κ2) is 5.25. The fourth-order valence-corrected chi connectivity index (χ4v) is 2.36. The standard InChI is InChI=1S/C12H18N2O2/c1-2-14-6-3-4-10(14)8-12-13-9-11(16-12)5-7-15/h7,9-10H,2-6,8H2,1H3. The molecule has 0 aliphatic carbocycles. The van der Waals surface area contributed by atoms with E-state index >= 15 is 0 Å². The number of hydrogen-bond donors (Lipinski definition) is 0. The molecule has 1 aromatic heterocycles. The first-order valence-electron chi connectivity index (χ1n) is 5.94. The maximum Gasteiger partial charge on any atom is 0.195 e. The Hall–Kier alpha value is -1.16. The number of oxazole rings is 1. The highest BCUT2D eigenvalue weighted by atomic mass is 16.4. The molecule has 1 fully saturated rings. The van der Waals surface area contributed by atoms with Crippen LogP contribution in [0.4, 0.5) is 0 Å². The third-order valence-corrected chi connectivity index (χ3v) is 3.20. The van der Waals surface area contributed by atoms with E-state index in [1.54, 1.807) is 6.20 Å². The summed E-state index contributed by atoms with van der Waals surface area (Å²) in [6.45, 7) is 4.46. The highest BCUT2D eigenvalue weighted by Gasteiger charge is 2.24. The van der Waals surface area contributed by atoms with Gasteiger partial charge in [-0.15, -0.1) is 0 Å². The number of likely N-dealkylation sites (tertiary alicyclic amines) is 1. The Balaban J connectivity index is 1.94. The van der Waals surface area contributed by atoms with Crippen LogP contribution in [0.5, 0.6) is 0 Å². The van der Waals surface area contributed by atoms with E-state index in [9.17, 15) is 4.79 Å². The second-order valence-electron chi connectivity index (χ2n) is 4.22. The predicted octanol–water partition coefficient (Wildman–Crippen LogP) is 1.44. The first-order valence-corrected chi connectivity index (χ1v) is 5.94. The Morgan fingerprint density at radius 1 is 1.69 bits per heavy atom. The van der Waals surface area contributed by atoms with Crippen LogP contribution in [0.3, 0.4) is 0 Å². The average Bonchev–Trinajstić information content (AvgIpc) is 2.89. The maximum atomic E-state index is 10.3. The Kier molecular flexibility index (Phi) is 3.72. The zero-order valence-electron chi connectivity index (χ0n) is 9.69. The van der Waals surface area contributed by atoms with Gasteiger partial charge >= 0.3 is 0 Å². The number of nitrogens with zero attached hydrogens (tertiary/aromatic N) is 2. The van der Waals surface area contributed by atoms with Crippen LogP contribution in [-0.2, 0) is 17.6 Å².